The molecule has 1 aliphatic heterocycles. The zero-order valence-corrected chi connectivity index (χ0v) is 10.5. The van der Waals surface area contributed by atoms with Gasteiger partial charge in [-0.15, -0.1) is 0 Å². The van der Waals surface area contributed by atoms with Crippen molar-refractivity contribution in [2.75, 3.05) is 0 Å². The summed E-state index contributed by atoms with van der Waals surface area (Å²) in [4.78, 5) is 24.5. The van der Waals surface area contributed by atoms with Crippen molar-refractivity contribution < 1.29 is 4.79 Å². The van der Waals surface area contributed by atoms with Crippen LogP contribution in [0, 0.1) is 0 Å². The quantitative estimate of drug-likeness (QED) is 0.724. The van der Waals surface area contributed by atoms with Crippen molar-refractivity contribution in [1.82, 2.24) is 14.5 Å². The Bertz CT molecular complexity index is 695. The average molecular weight is 254 g/mol. The summed E-state index contributed by atoms with van der Waals surface area (Å²) >= 11 is 0. The highest BCUT2D eigenvalue weighted by Crippen LogP contribution is 2.39. The second-order valence-electron chi connectivity index (χ2n) is 5.39. The van der Waals surface area contributed by atoms with Gasteiger partial charge in [-0.05, 0) is 18.9 Å². The molecule has 1 spiro atoms. The minimum absolute atomic E-state index is 0.155. The van der Waals surface area contributed by atoms with Gasteiger partial charge in [0.1, 0.15) is 17.7 Å². The molecule has 96 valence electrons. The van der Waals surface area contributed by atoms with E-state index in [1.807, 2.05) is 12.3 Å². The fourth-order valence-electron chi connectivity index (χ4n) is 3.38. The van der Waals surface area contributed by atoms with Gasteiger partial charge in [-0.1, -0.05) is 19.3 Å². The lowest BCUT2D eigenvalue weighted by molar-refractivity contribution is 0.0976. The summed E-state index contributed by atoms with van der Waals surface area (Å²) < 4.78 is 2.10. The minimum atomic E-state index is -0.172. The Kier molecular flexibility index (Phi) is 2.13. The fourth-order valence-corrected chi connectivity index (χ4v) is 3.38. The van der Waals surface area contributed by atoms with E-state index in [2.05, 4.69) is 19.5 Å². The Morgan fingerprint density at radius 1 is 1.21 bits per heavy atom. The van der Waals surface area contributed by atoms with Crippen LogP contribution in [0.3, 0.4) is 0 Å². The molecule has 5 heteroatoms. The fraction of sp³-hybridized carbons (Fsp3) is 0.429. The Morgan fingerprint density at radius 3 is 2.89 bits per heavy atom. The third-order valence-corrected chi connectivity index (χ3v) is 4.27. The number of nitrogens with zero attached hydrogens (tertiary/aromatic N) is 4. The van der Waals surface area contributed by atoms with E-state index in [-0.39, 0.29) is 11.4 Å². The number of carbonyl (C=O) groups is 1. The third kappa shape index (κ3) is 1.41. The molecule has 1 saturated carbocycles. The van der Waals surface area contributed by atoms with E-state index in [1.54, 1.807) is 12.5 Å². The molecule has 0 unspecified atom stereocenters. The minimum Gasteiger partial charge on any atom is -0.310 e. The molecule has 1 fully saturated rings. The first-order valence-corrected chi connectivity index (χ1v) is 6.72. The Balaban J connectivity index is 2.03. The molecule has 2 aromatic rings. The molecule has 0 atom stereocenters. The molecule has 4 rings (SSSR count). The van der Waals surface area contributed by atoms with E-state index in [9.17, 15) is 4.79 Å². The maximum absolute atomic E-state index is 12.0. The van der Waals surface area contributed by atoms with Crippen LogP contribution in [-0.4, -0.2) is 26.7 Å². The predicted molar refractivity (Wildman–Crippen MR) is 71.4 cm³/mol. The first-order chi connectivity index (χ1) is 9.30. The molecule has 19 heavy (non-hydrogen) atoms. The smallest absolute Gasteiger partial charge is 0.293 e. The number of aromatic nitrogens is 3. The van der Waals surface area contributed by atoms with Crippen LogP contribution < -0.4 is 0 Å². The van der Waals surface area contributed by atoms with Gasteiger partial charge < -0.3 is 4.57 Å². The van der Waals surface area contributed by atoms with Crippen LogP contribution in [-0.2, 0) is 5.54 Å². The summed E-state index contributed by atoms with van der Waals surface area (Å²) in [7, 11) is 0. The summed E-state index contributed by atoms with van der Waals surface area (Å²) in [5.74, 6) is -0.172. The second-order valence-corrected chi connectivity index (χ2v) is 5.39. The largest absolute Gasteiger partial charge is 0.310 e. The molecule has 3 heterocycles. The Hall–Kier alpha value is -2.04. The molecule has 0 bridgehead atoms. The molecule has 0 saturated heterocycles. The number of rotatable bonds is 0. The number of amides is 1. The molecule has 1 amide bonds. The van der Waals surface area contributed by atoms with Gasteiger partial charge in [-0.2, -0.15) is 0 Å². The van der Waals surface area contributed by atoms with Crippen LogP contribution in [0.5, 0.6) is 0 Å². The molecule has 0 radical (unpaired) electrons. The Morgan fingerprint density at radius 2 is 2.05 bits per heavy atom. The molecule has 0 N–H and O–H groups in total. The van der Waals surface area contributed by atoms with E-state index < -0.39 is 0 Å². The van der Waals surface area contributed by atoms with Crippen LogP contribution in [0.2, 0.25) is 0 Å². The van der Waals surface area contributed by atoms with Gasteiger partial charge >= 0.3 is 0 Å². The lowest BCUT2D eigenvalue weighted by Gasteiger charge is -2.38. The standard InChI is InChI=1S/C14H14N4O/c19-13-11-6-10-7-15-9-17-12(10)18(11)14(8-16-13)4-2-1-3-5-14/h6-9H,1-5H2. The number of aliphatic imine (C=N–C) groups is 1. The summed E-state index contributed by atoms with van der Waals surface area (Å²) in [6.07, 6.45) is 10.8. The van der Waals surface area contributed by atoms with Gasteiger partial charge in [-0.3, -0.25) is 4.79 Å². The highest BCUT2D eigenvalue weighted by atomic mass is 16.1. The third-order valence-electron chi connectivity index (χ3n) is 4.27. The molecule has 2 aliphatic rings. The molecular formula is C14H14N4O. The van der Waals surface area contributed by atoms with E-state index in [1.165, 1.54) is 19.3 Å². The van der Waals surface area contributed by atoms with E-state index in [0.717, 1.165) is 23.9 Å². The van der Waals surface area contributed by atoms with Gasteiger partial charge in [0, 0.05) is 17.8 Å². The topological polar surface area (TPSA) is 60.1 Å². The lowest BCUT2D eigenvalue weighted by Crippen LogP contribution is -2.42. The maximum Gasteiger partial charge on any atom is 0.293 e. The molecule has 5 nitrogen and oxygen atoms in total. The lowest BCUT2D eigenvalue weighted by atomic mass is 9.81. The average Bonchev–Trinajstić information content (AvgIpc) is 2.85. The highest BCUT2D eigenvalue weighted by Gasteiger charge is 2.39. The molecular weight excluding hydrogens is 240 g/mol. The molecule has 1 aliphatic carbocycles. The van der Waals surface area contributed by atoms with Crippen molar-refractivity contribution in [3.05, 3.63) is 24.3 Å². The summed E-state index contributed by atoms with van der Waals surface area (Å²) in [5.41, 5.74) is 1.35. The van der Waals surface area contributed by atoms with Gasteiger partial charge in [0.05, 0.1) is 5.54 Å². The van der Waals surface area contributed by atoms with Crippen molar-refractivity contribution in [3.63, 3.8) is 0 Å². The van der Waals surface area contributed by atoms with Crippen LogP contribution >= 0.6 is 0 Å². The highest BCUT2D eigenvalue weighted by molar-refractivity contribution is 6.05. The van der Waals surface area contributed by atoms with E-state index in [4.69, 9.17) is 0 Å². The summed E-state index contributed by atoms with van der Waals surface area (Å²) in [6, 6.07) is 1.87. The molecule has 2 aromatic heterocycles. The van der Waals surface area contributed by atoms with Gasteiger partial charge in [-0.25, -0.2) is 15.0 Å². The summed E-state index contributed by atoms with van der Waals surface area (Å²) in [5, 5.41) is 0.918. The number of hydrogen-bond donors (Lipinski definition) is 0. The van der Waals surface area contributed by atoms with Crippen molar-refractivity contribution in [2.24, 2.45) is 4.99 Å². The van der Waals surface area contributed by atoms with Crippen molar-refractivity contribution in [1.29, 1.82) is 0 Å². The van der Waals surface area contributed by atoms with Gasteiger partial charge in [0.25, 0.3) is 5.91 Å². The number of fused-ring (bicyclic) bond motifs is 4. The predicted octanol–water partition coefficient (Wildman–Crippen LogP) is 2.32. The normalized spacial score (nSPS) is 20.9. The van der Waals surface area contributed by atoms with E-state index >= 15 is 0 Å². The van der Waals surface area contributed by atoms with Crippen LogP contribution in [0.4, 0.5) is 0 Å². The van der Waals surface area contributed by atoms with Crippen LogP contribution in [0.15, 0.2) is 23.6 Å². The van der Waals surface area contributed by atoms with Crippen molar-refractivity contribution in [3.8, 4) is 0 Å². The SMILES string of the molecule is O=C1N=CC2(CCCCC2)n2c1cc1cncnc12. The first-order valence-electron chi connectivity index (χ1n) is 6.72. The maximum atomic E-state index is 12.0. The van der Waals surface area contributed by atoms with Crippen LogP contribution in [0.25, 0.3) is 11.0 Å². The van der Waals surface area contributed by atoms with Gasteiger partial charge in [0.2, 0.25) is 0 Å². The first kappa shape index (κ1) is 10.8. The van der Waals surface area contributed by atoms with Gasteiger partial charge in [0.15, 0.2) is 0 Å². The Labute approximate surface area is 110 Å². The van der Waals surface area contributed by atoms with Crippen molar-refractivity contribution in [2.45, 2.75) is 37.6 Å². The van der Waals surface area contributed by atoms with Crippen molar-refractivity contribution >= 4 is 23.2 Å². The monoisotopic (exact) mass is 254 g/mol. The number of hydrogen-bond acceptors (Lipinski definition) is 3. The van der Waals surface area contributed by atoms with Crippen LogP contribution in [0.1, 0.15) is 42.6 Å². The zero-order valence-electron chi connectivity index (χ0n) is 10.5. The number of carbonyl (C=O) groups excluding carboxylic acids is 1. The second kappa shape index (κ2) is 3.73. The zero-order chi connectivity index (χ0) is 12.9. The molecule has 0 aromatic carbocycles. The van der Waals surface area contributed by atoms with E-state index in [0.29, 0.717) is 5.69 Å². The summed E-state index contributed by atoms with van der Waals surface area (Å²) in [6.45, 7) is 0.